The highest BCUT2D eigenvalue weighted by Crippen LogP contribution is 2.28. The normalized spacial score (nSPS) is 13.6. The summed E-state index contributed by atoms with van der Waals surface area (Å²) in [5.74, 6) is -0.548. The number of amides is 1. The number of hydrogen-bond donors (Lipinski definition) is 1. The van der Waals surface area contributed by atoms with E-state index >= 15 is 0 Å². The monoisotopic (exact) mass is 402 g/mol. The molecular formula is C22H30N2O5. The predicted molar refractivity (Wildman–Crippen MR) is 111 cm³/mol. The average molecular weight is 402 g/mol. The van der Waals surface area contributed by atoms with E-state index in [2.05, 4.69) is 9.88 Å². The van der Waals surface area contributed by atoms with Gasteiger partial charge in [0.25, 0.3) is 0 Å². The molecule has 0 aliphatic carbocycles. The smallest absolute Gasteiger partial charge is 0.408 e. The van der Waals surface area contributed by atoms with Crippen molar-refractivity contribution in [2.45, 2.75) is 64.6 Å². The number of hydrogen-bond acceptors (Lipinski definition) is 5. The zero-order valence-electron chi connectivity index (χ0n) is 17.7. The maximum absolute atomic E-state index is 12.3. The first-order valence-electron chi connectivity index (χ1n) is 9.79. The molecule has 0 unspecified atom stereocenters. The molecule has 0 saturated heterocycles. The van der Waals surface area contributed by atoms with Crippen LogP contribution in [-0.2, 0) is 25.5 Å². The lowest BCUT2D eigenvalue weighted by atomic mass is 10.1. The van der Waals surface area contributed by atoms with Gasteiger partial charge in [-0.05, 0) is 38.8 Å². The molecule has 29 heavy (non-hydrogen) atoms. The third-order valence-corrected chi connectivity index (χ3v) is 4.66. The van der Waals surface area contributed by atoms with E-state index < -0.39 is 23.7 Å². The molecule has 1 heterocycles. The molecule has 2 aromatic rings. The first kappa shape index (κ1) is 22.5. The Bertz CT molecular complexity index is 866. The van der Waals surface area contributed by atoms with E-state index in [0.29, 0.717) is 6.42 Å². The lowest BCUT2D eigenvalue weighted by Crippen LogP contribution is -2.45. The van der Waals surface area contributed by atoms with Gasteiger partial charge in [0.1, 0.15) is 17.9 Å². The summed E-state index contributed by atoms with van der Waals surface area (Å²) in [6, 6.07) is 6.96. The molecule has 0 saturated carbocycles. The summed E-state index contributed by atoms with van der Waals surface area (Å²) in [5.41, 5.74) is 1.19. The molecule has 158 valence electrons. The van der Waals surface area contributed by atoms with Crippen molar-refractivity contribution in [3.63, 3.8) is 0 Å². The Kier molecular flexibility index (Phi) is 7.42. The van der Waals surface area contributed by atoms with Crippen LogP contribution in [0.15, 0.2) is 30.5 Å². The molecule has 0 spiro atoms. The second kappa shape index (κ2) is 9.58. The summed E-state index contributed by atoms with van der Waals surface area (Å²) >= 11 is 0. The van der Waals surface area contributed by atoms with Crippen molar-refractivity contribution < 1.29 is 23.9 Å². The predicted octanol–water partition coefficient (Wildman–Crippen LogP) is 3.79. The Hall–Kier alpha value is -2.83. The summed E-state index contributed by atoms with van der Waals surface area (Å²) in [5, 5.41) is 3.58. The molecule has 0 radical (unpaired) electrons. The summed E-state index contributed by atoms with van der Waals surface area (Å²) in [6.07, 6.45) is 3.65. The van der Waals surface area contributed by atoms with Crippen LogP contribution in [0.25, 0.3) is 10.9 Å². The third kappa shape index (κ3) is 5.82. The van der Waals surface area contributed by atoms with Crippen molar-refractivity contribution in [3.05, 3.63) is 36.0 Å². The average Bonchev–Trinajstić information content (AvgIpc) is 3.02. The number of para-hydroxylation sites is 1. The molecule has 1 N–H and O–H groups in total. The van der Waals surface area contributed by atoms with Crippen LogP contribution in [0.4, 0.5) is 4.79 Å². The zero-order chi connectivity index (χ0) is 21.6. The second-order valence-corrected chi connectivity index (χ2v) is 7.97. The number of fused-ring (bicyclic) bond motifs is 1. The molecule has 0 fully saturated rings. The van der Waals surface area contributed by atoms with Crippen molar-refractivity contribution in [2.24, 2.45) is 0 Å². The summed E-state index contributed by atoms with van der Waals surface area (Å²) < 4.78 is 12.2. The van der Waals surface area contributed by atoms with Gasteiger partial charge in [0.2, 0.25) is 0 Å². The maximum Gasteiger partial charge on any atom is 0.408 e. The zero-order valence-corrected chi connectivity index (χ0v) is 17.7. The fourth-order valence-electron chi connectivity index (χ4n) is 3.34. The van der Waals surface area contributed by atoms with Gasteiger partial charge in [-0.1, -0.05) is 25.1 Å². The largest absolute Gasteiger partial charge is 0.467 e. The van der Waals surface area contributed by atoms with Gasteiger partial charge in [0, 0.05) is 36.0 Å². The SMILES string of the molecule is CC[C@H](CC=O)n1cc(C[C@H](NC(=O)OC(C)(C)C)C(=O)OC)c2ccccc21. The fourth-order valence-corrected chi connectivity index (χ4v) is 3.34. The Morgan fingerprint density at radius 1 is 1.24 bits per heavy atom. The lowest BCUT2D eigenvalue weighted by molar-refractivity contribution is -0.143. The minimum atomic E-state index is -0.889. The number of carbonyl (C=O) groups excluding carboxylic acids is 3. The number of carbonyl (C=O) groups is 3. The highest BCUT2D eigenvalue weighted by molar-refractivity contribution is 5.86. The standard InChI is InChI=1S/C22H30N2O5/c1-6-16(11-12-25)24-14-15(17-9-7-8-10-19(17)24)13-18(20(26)28-5)23-21(27)29-22(2,3)4/h7-10,12,14,16,18H,6,11,13H2,1-5H3,(H,23,27)/t16-,18+/m1/s1. The van der Waals surface area contributed by atoms with E-state index in [1.165, 1.54) is 7.11 Å². The van der Waals surface area contributed by atoms with Crippen molar-refractivity contribution >= 4 is 29.3 Å². The summed E-state index contributed by atoms with van der Waals surface area (Å²) in [7, 11) is 1.28. The molecule has 7 nitrogen and oxygen atoms in total. The number of aromatic nitrogens is 1. The summed E-state index contributed by atoms with van der Waals surface area (Å²) in [4.78, 5) is 35.6. The number of benzene rings is 1. The summed E-state index contributed by atoms with van der Waals surface area (Å²) in [6.45, 7) is 7.30. The molecular weight excluding hydrogens is 372 g/mol. The molecule has 1 aromatic heterocycles. The Morgan fingerprint density at radius 3 is 2.52 bits per heavy atom. The van der Waals surface area contributed by atoms with E-state index in [0.717, 1.165) is 29.2 Å². The maximum atomic E-state index is 12.3. The van der Waals surface area contributed by atoms with Crippen LogP contribution in [0, 0.1) is 0 Å². The van der Waals surface area contributed by atoms with E-state index in [9.17, 15) is 14.4 Å². The van der Waals surface area contributed by atoms with E-state index in [-0.39, 0.29) is 12.5 Å². The van der Waals surface area contributed by atoms with Crippen LogP contribution in [0.5, 0.6) is 0 Å². The number of nitrogens with zero attached hydrogens (tertiary/aromatic N) is 1. The molecule has 2 atom stereocenters. The van der Waals surface area contributed by atoms with Gasteiger partial charge in [0.15, 0.2) is 0 Å². The Morgan fingerprint density at radius 2 is 1.93 bits per heavy atom. The van der Waals surface area contributed by atoms with E-state index in [1.54, 1.807) is 20.8 Å². The molecule has 1 aromatic carbocycles. The van der Waals surface area contributed by atoms with Gasteiger partial charge in [-0.3, -0.25) is 0 Å². The van der Waals surface area contributed by atoms with Gasteiger partial charge in [-0.2, -0.15) is 0 Å². The fraction of sp³-hybridized carbons (Fsp3) is 0.500. The van der Waals surface area contributed by atoms with Crippen LogP contribution in [0.3, 0.4) is 0 Å². The lowest BCUT2D eigenvalue weighted by Gasteiger charge is -2.22. The molecule has 7 heteroatoms. The number of alkyl carbamates (subject to hydrolysis) is 1. The van der Waals surface area contributed by atoms with Crippen LogP contribution in [0.2, 0.25) is 0 Å². The number of nitrogens with one attached hydrogen (secondary N) is 1. The van der Waals surface area contributed by atoms with Gasteiger partial charge in [-0.25, -0.2) is 9.59 Å². The highest BCUT2D eigenvalue weighted by Gasteiger charge is 2.27. The van der Waals surface area contributed by atoms with Crippen molar-refractivity contribution in [1.29, 1.82) is 0 Å². The first-order valence-corrected chi connectivity index (χ1v) is 9.79. The third-order valence-electron chi connectivity index (χ3n) is 4.66. The van der Waals surface area contributed by atoms with Crippen molar-refractivity contribution in [2.75, 3.05) is 7.11 Å². The Labute approximate surface area is 171 Å². The molecule has 1 amide bonds. The first-order chi connectivity index (χ1) is 13.7. The Balaban J connectivity index is 2.37. The van der Waals surface area contributed by atoms with Gasteiger partial charge in [-0.15, -0.1) is 0 Å². The molecule has 0 aliphatic rings. The van der Waals surface area contributed by atoms with E-state index in [1.807, 2.05) is 37.4 Å². The van der Waals surface area contributed by atoms with Gasteiger partial charge < -0.3 is 24.2 Å². The van der Waals surface area contributed by atoms with Crippen molar-refractivity contribution in [1.82, 2.24) is 9.88 Å². The number of rotatable bonds is 8. The quantitative estimate of drug-likeness (QED) is 0.536. The van der Waals surface area contributed by atoms with Gasteiger partial charge in [0.05, 0.1) is 7.11 Å². The number of esters is 1. The number of methoxy groups -OCH3 is 1. The highest BCUT2D eigenvalue weighted by atomic mass is 16.6. The second-order valence-electron chi connectivity index (χ2n) is 7.97. The minimum absolute atomic E-state index is 0.0292. The van der Waals surface area contributed by atoms with E-state index in [4.69, 9.17) is 9.47 Å². The molecule has 2 rings (SSSR count). The molecule has 0 aliphatic heterocycles. The number of ether oxygens (including phenoxy) is 2. The van der Waals surface area contributed by atoms with Gasteiger partial charge >= 0.3 is 12.1 Å². The topological polar surface area (TPSA) is 86.6 Å². The van der Waals surface area contributed by atoms with Crippen LogP contribution >= 0.6 is 0 Å². The van der Waals surface area contributed by atoms with Crippen LogP contribution in [-0.4, -0.2) is 41.7 Å². The molecule has 0 bridgehead atoms. The minimum Gasteiger partial charge on any atom is -0.467 e. The van der Waals surface area contributed by atoms with Crippen LogP contribution in [0.1, 0.15) is 52.1 Å². The van der Waals surface area contributed by atoms with Crippen LogP contribution < -0.4 is 5.32 Å². The van der Waals surface area contributed by atoms with Crippen molar-refractivity contribution in [3.8, 4) is 0 Å². The number of aldehydes is 1.